The quantitative estimate of drug-likeness (QED) is 0.0879. The minimum Gasteiger partial charge on any atom is -0.507 e. The largest absolute Gasteiger partial charge is 0.507 e. The highest BCUT2D eigenvalue weighted by atomic mass is 31.2. The molecule has 5 aromatic carbocycles. The van der Waals surface area contributed by atoms with Crippen LogP contribution >= 0.6 is 7.60 Å². The molecule has 52 heavy (non-hydrogen) atoms. The molecule has 0 saturated carbocycles. The van der Waals surface area contributed by atoms with Crippen LogP contribution in [0.2, 0.25) is 0 Å². The van der Waals surface area contributed by atoms with Crippen molar-refractivity contribution < 1.29 is 42.8 Å². The van der Waals surface area contributed by atoms with Gasteiger partial charge in [0.25, 0.3) is 0 Å². The van der Waals surface area contributed by atoms with Crippen molar-refractivity contribution >= 4 is 18.6 Å². The first-order valence-corrected chi connectivity index (χ1v) is 18.4. The van der Waals surface area contributed by atoms with Crippen molar-refractivity contribution in [3.8, 4) is 40.1 Å². The van der Waals surface area contributed by atoms with E-state index in [2.05, 4.69) is 0 Å². The molecule has 0 amide bonds. The molecule has 0 aliphatic carbocycles. The van der Waals surface area contributed by atoms with Crippen molar-refractivity contribution in [3.05, 3.63) is 148 Å². The molecule has 0 spiro atoms. The highest BCUT2D eigenvalue weighted by molar-refractivity contribution is 7.53. The number of phenolic OH excluding ortho intramolecular Hbond substituents is 1. The van der Waals surface area contributed by atoms with E-state index in [4.69, 9.17) is 23.4 Å². The van der Waals surface area contributed by atoms with Crippen molar-refractivity contribution in [2.45, 2.75) is 51.9 Å². The summed E-state index contributed by atoms with van der Waals surface area (Å²) in [5, 5.41) is 9.13. The van der Waals surface area contributed by atoms with Crippen LogP contribution in [0.15, 0.2) is 131 Å². The van der Waals surface area contributed by atoms with Crippen molar-refractivity contribution in [3.63, 3.8) is 0 Å². The number of rotatable bonds is 15. The van der Waals surface area contributed by atoms with Crippen LogP contribution in [0, 0.1) is 0 Å². The molecule has 0 bridgehead atoms. The van der Waals surface area contributed by atoms with Crippen LogP contribution < -0.4 is 24.4 Å². The molecule has 0 unspecified atom stereocenters. The van der Waals surface area contributed by atoms with E-state index in [1.54, 1.807) is 26.0 Å². The molecule has 11 heteroatoms. The van der Waals surface area contributed by atoms with Gasteiger partial charge in [-0.1, -0.05) is 105 Å². The fraction of sp³-hybridized carbons (Fsp3) is 0.195. The van der Waals surface area contributed by atoms with Gasteiger partial charge in [0.05, 0.1) is 0 Å². The van der Waals surface area contributed by atoms with Gasteiger partial charge in [-0.3, -0.25) is 9.36 Å². The van der Waals surface area contributed by atoms with E-state index >= 15 is 0 Å². The van der Waals surface area contributed by atoms with Gasteiger partial charge in [0.1, 0.15) is 42.3 Å². The maximum Gasteiger partial charge on any atom is 0.368 e. The van der Waals surface area contributed by atoms with Crippen LogP contribution in [0.3, 0.4) is 0 Å². The van der Waals surface area contributed by atoms with Crippen LogP contribution in [-0.4, -0.2) is 20.2 Å². The van der Waals surface area contributed by atoms with E-state index in [0.717, 1.165) is 16.7 Å². The summed E-state index contributed by atoms with van der Waals surface area (Å²) < 4.78 is 43.7. The summed E-state index contributed by atoms with van der Waals surface area (Å²) in [4.78, 5) is 35.1. The van der Waals surface area contributed by atoms with Crippen LogP contribution in [0.5, 0.6) is 28.7 Å². The Morgan fingerprint density at radius 2 is 1.21 bits per heavy atom. The van der Waals surface area contributed by atoms with E-state index in [1.165, 1.54) is 18.2 Å². The molecule has 0 saturated heterocycles. The topological polar surface area (TPSA) is 145 Å². The number of phenols is 1. The summed E-state index contributed by atoms with van der Waals surface area (Å²) in [6.45, 7) is 3.65. The summed E-state index contributed by atoms with van der Waals surface area (Å²) in [5.41, 5.74) is 2.26. The Labute approximate surface area is 301 Å². The molecule has 0 atom stereocenters. The second kappa shape index (κ2) is 15.8. The Hall–Kier alpha value is -5.54. The lowest BCUT2D eigenvalue weighted by Crippen LogP contribution is -2.34. The number of hydrogen-bond donors (Lipinski definition) is 3. The van der Waals surface area contributed by atoms with Crippen LogP contribution in [-0.2, 0) is 24.4 Å². The molecule has 10 nitrogen and oxygen atoms in total. The molecule has 268 valence electrons. The average molecular weight is 723 g/mol. The third-order valence-electron chi connectivity index (χ3n) is 8.76. The van der Waals surface area contributed by atoms with Gasteiger partial charge in [-0.05, 0) is 47.7 Å². The van der Waals surface area contributed by atoms with Gasteiger partial charge in [0.15, 0.2) is 17.3 Å². The molecule has 0 aliphatic rings. The lowest BCUT2D eigenvalue weighted by molar-refractivity contribution is 0.103. The van der Waals surface area contributed by atoms with Gasteiger partial charge >= 0.3 is 7.60 Å². The third-order valence-corrected chi connectivity index (χ3v) is 10.5. The second-order valence-corrected chi connectivity index (χ2v) is 14.1. The zero-order chi connectivity index (χ0) is 36.7. The van der Waals surface area contributed by atoms with Crippen LogP contribution in [0.4, 0.5) is 0 Å². The standard InChI is InChI=1S/C41H39O10P/c1-3-41(4-2,52(44,45)46)51-35-22-31(20-21-34(35)48-26-29-16-10-6-11-17-29)39-40(49-27-30-18-12-7-13-19-30)38(43)37-33(42)23-32(24-36(37)50-39)47-25-28-14-8-5-9-15-28/h5-24,42H,3-4,25-27H2,1-2H3,(H2,44,45,46). The van der Waals surface area contributed by atoms with E-state index in [1.807, 2.05) is 91.0 Å². The van der Waals surface area contributed by atoms with E-state index < -0.39 is 18.4 Å². The maximum absolute atomic E-state index is 14.2. The van der Waals surface area contributed by atoms with Crippen molar-refractivity contribution in [2.75, 3.05) is 0 Å². The highest BCUT2D eigenvalue weighted by Crippen LogP contribution is 2.56. The maximum atomic E-state index is 14.2. The monoisotopic (exact) mass is 722 g/mol. The van der Waals surface area contributed by atoms with Crippen LogP contribution in [0.1, 0.15) is 43.4 Å². The molecule has 1 heterocycles. The number of ether oxygens (including phenoxy) is 4. The van der Waals surface area contributed by atoms with Crippen LogP contribution in [0.25, 0.3) is 22.3 Å². The lowest BCUT2D eigenvalue weighted by Gasteiger charge is -2.33. The van der Waals surface area contributed by atoms with E-state index in [9.17, 15) is 24.3 Å². The van der Waals surface area contributed by atoms with Gasteiger partial charge in [-0.25, -0.2) is 0 Å². The molecule has 1 aromatic heterocycles. The predicted molar refractivity (Wildman–Crippen MR) is 198 cm³/mol. The first-order chi connectivity index (χ1) is 25.1. The smallest absolute Gasteiger partial charge is 0.368 e. The Bertz CT molecular complexity index is 2230. The number of fused-ring (bicyclic) bond motifs is 1. The Morgan fingerprint density at radius 1 is 0.673 bits per heavy atom. The van der Waals surface area contributed by atoms with Crippen molar-refractivity contribution in [2.24, 2.45) is 0 Å². The summed E-state index contributed by atoms with van der Waals surface area (Å²) >= 11 is 0. The highest BCUT2D eigenvalue weighted by Gasteiger charge is 2.47. The molecule has 3 N–H and O–H groups in total. The molecule has 0 aliphatic heterocycles. The Kier molecular flexibility index (Phi) is 11.0. The van der Waals surface area contributed by atoms with Crippen molar-refractivity contribution in [1.29, 1.82) is 0 Å². The fourth-order valence-corrected chi connectivity index (χ4v) is 6.83. The Balaban J connectivity index is 1.48. The molecule has 6 aromatic rings. The van der Waals surface area contributed by atoms with Gasteiger partial charge < -0.3 is 38.3 Å². The summed E-state index contributed by atoms with van der Waals surface area (Å²) in [5.74, 6) is -0.0113. The van der Waals surface area contributed by atoms with Gasteiger partial charge in [0.2, 0.25) is 16.5 Å². The average Bonchev–Trinajstić information content (AvgIpc) is 3.15. The van der Waals surface area contributed by atoms with Gasteiger partial charge in [-0.15, -0.1) is 0 Å². The third kappa shape index (κ3) is 8.00. The number of benzene rings is 5. The normalized spacial score (nSPS) is 11.7. The zero-order valence-electron chi connectivity index (χ0n) is 28.7. The molecule has 0 radical (unpaired) electrons. The second-order valence-electron chi connectivity index (χ2n) is 12.2. The molecule has 0 fully saturated rings. The number of aromatic hydroxyl groups is 1. The van der Waals surface area contributed by atoms with Gasteiger partial charge in [0, 0.05) is 17.7 Å². The minimum absolute atomic E-state index is 0.00211. The van der Waals surface area contributed by atoms with E-state index in [-0.39, 0.29) is 78.1 Å². The van der Waals surface area contributed by atoms with E-state index in [0.29, 0.717) is 5.56 Å². The summed E-state index contributed by atoms with van der Waals surface area (Å²) in [7, 11) is -4.81. The minimum atomic E-state index is -4.81. The number of hydrogen-bond acceptors (Lipinski definition) is 8. The Morgan fingerprint density at radius 3 is 1.75 bits per heavy atom. The van der Waals surface area contributed by atoms with Crippen molar-refractivity contribution in [1.82, 2.24) is 0 Å². The van der Waals surface area contributed by atoms with Gasteiger partial charge in [-0.2, -0.15) is 0 Å². The molecule has 6 rings (SSSR count). The molecular weight excluding hydrogens is 683 g/mol. The first kappa shape index (κ1) is 36.3. The first-order valence-electron chi connectivity index (χ1n) is 16.8. The summed E-state index contributed by atoms with van der Waals surface area (Å²) in [6, 6.07) is 35.7. The summed E-state index contributed by atoms with van der Waals surface area (Å²) in [6.07, 6.45) is -0.00464. The fourth-order valence-electron chi connectivity index (χ4n) is 5.79. The predicted octanol–water partition coefficient (Wildman–Crippen LogP) is 8.98. The zero-order valence-corrected chi connectivity index (χ0v) is 29.6. The molecular formula is C41H39O10P. The lowest BCUT2D eigenvalue weighted by atomic mass is 10.1. The SMILES string of the molecule is CCC(CC)(Oc1cc(-c2oc3cc(OCc4ccccc4)cc(O)c3c(=O)c2OCc2ccccc2)ccc1OCc1ccccc1)P(=O)(O)O.